The number of aryl methyl sites for hydroxylation is 4. The van der Waals surface area contributed by atoms with Crippen molar-refractivity contribution in [3.63, 3.8) is 0 Å². The van der Waals surface area contributed by atoms with Crippen molar-refractivity contribution >= 4 is 5.91 Å². The predicted molar refractivity (Wildman–Crippen MR) is 93.8 cm³/mol. The van der Waals surface area contributed by atoms with Crippen LogP contribution in [0.1, 0.15) is 32.6 Å². The number of hydrogen-bond donors (Lipinski definition) is 1. The standard InChI is InChI=1S/C20H25NO2/c1-15-4-8-18(16(2)14-15)9-5-17-6-10-19(11-7-17)20(23)21(3)12-13-22/h4,6-8,10-11,14,22H,5,9,12-13H2,1-3H3. The third kappa shape index (κ3) is 4.67. The Hall–Kier alpha value is -2.13. The van der Waals surface area contributed by atoms with Crippen molar-refractivity contribution < 1.29 is 9.90 Å². The fourth-order valence-electron chi connectivity index (χ4n) is 2.69. The lowest BCUT2D eigenvalue weighted by Crippen LogP contribution is -2.29. The molecule has 0 aliphatic rings. The average molecular weight is 311 g/mol. The van der Waals surface area contributed by atoms with E-state index in [0.29, 0.717) is 12.1 Å². The van der Waals surface area contributed by atoms with Crippen LogP contribution in [-0.4, -0.2) is 36.1 Å². The Bertz CT molecular complexity index is 662. The van der Waals surface area contributed by atoms with Crippen molar-refractivity contribution in [2.75, 3.05) is 20.2 Å². The van der Waals surface area contributed by atoms with Crippen molar-refractivity contribution in [3.05, 3.63) is 70.3 Å². The lowest BCUT2D eigenvalue weighted by Gasteiger charge is -2.15. The second kappa shape index (κ2) is 7.93. The van der Waals surface area contributed by atoms with E-state index < -0.39 is 0 Å². The summed E-state index contributed by atoms with van der Waals surface area (Å²) in [5.74, 6) is -0.0556. The van der Waals surface area contributed by atoms with E-state index in [4.69, 9.17) is 5.11 Å². The summed E-state index contributed by atoms with van der Waals surface area (Å²) in [4.78, 5) is 13.6. The van der Waals surface area contributed by atoms with Crippen molar-refractivity contribution in [2.45, 2.75) is 26.7 Å². The highest BCUT2D eigenvalue weighted by molar-refractivity contribution is 5.94. The van der Waals surface area contributed by atoms with E-state index in [0.717, 1.165) is 12.8 Å². The van der Waals surface area contributed by atoms with Crippen molar-refractivity contribution in [3.8, 4) is 0 Å². The number of carbonyl (C=O) groups is 1. The average Bonchev–Trinajstić information content (AvgIpc) is 2.54. The number of aliphatic hydroxyl groups is 1. The van der Waals surface area contributed by atoms with Crippen LogP contribution in [0.3, 0.4) is 0 Å². The SMILES string of the molecule is Cc1ccc(CCc2ccc(C(=O)N(C)CCO)cc2)c(C)c1. The Balaban J connectivity index is 1.98. The summed E-state index contributed by atoms with van der Waals surface area (Å²) in [6, 6.07) is 14.3. The number of benzene rings is 2. The molecule has 0 fully saturated rings. The Morgan fingerprint density at radius 2 is 1.74 bits per heavy atom. The van der Waals surface area contributed by atoms with Crippen LogP contribution in [0.15, 0.2) is 42.5 Å². The predicted octanol–water partition coefficient (Wildman–Crippen LogP) is 3.15. The normalized spacial score (nSPS) is 10.6. The first-order chi connectivity index (χ1) is 11.0. The minimum atomic E-state index is -0.0556. The summed E-state index contributed by atoms with van der Waals surface area (Å²) >= 11 is 0. The molecule has 0 aliphatic heterocycles. The molecule has 3 nitrogen and oxygen atoms in total. The molecule has 0 unspecified atom stereocenters. The monoisotopic (exact) mass is 311 g/mol. The van der Waals surface area contributed by atoms with Gasteiger partial charge in [0.15, 0.2) is 0 Å². The van der Waals surface area contributed by atoms with Crippen molar-refractivity contribution in [2.24, 2.45) is 0 Å². The molecule has 0 spiro atoms. The second-order valence-electron chi connectivity index (χ2n) is 6.08. The van der Waals surface area contributed by atoms with Gasteiger partial charge >= 0.3 is 0 Å². The fourth-order valence-corrected chi connectivity index (χ4v) is 2.69. The molecule has 0 saturated heterocycles. The van der Waals surface area contributed by atoms with Crippen LogP contribution in [0, 0.1) is 13.8 Å². The van der Waals surface area contributed by atoms with Gasteiger partial charge in [-0.15, -0.1) is 0 Å². The van der Waals surface area contributed by atoms with Gasteiger partial charge in [-0.05, 0) is 55.5 Å². The molecule has 3 heteroatoms. The Labute approximate surface area is 138 Å². The van der Waals surface area contributed by atoms with Gasteiger partial charge in [0.05, 0.1) is 6.61 Å². The summed E-state index contributed by atoms with van der Waals surface area (Å²) in [6.07, 6.45) is 1.97. The highest BCUT2D eigenvalue weighted by atomic mass is 16.3. The molecule has 0 saturated carbocycles. The van der Waals surface area contributed by atoms with Crippen LogP contribution < -0.4 is 0 Å². The molecule has 0 bridgehead atoms. The molecule has 0 heterocycles. The summed E-state index contributed by atoms with van der Waals surface area (Å²) in [5.41, 5.74) is 5.89. The smallest absolute Gasteiger partial charge is 0.253 e. The molecule has 1 N–H and O–H groups in total. The van der Waals surface area contributed by atoms with E-state index in [1.165, 1.54) is 27.2 Å². The zero-order valence-electron chi connectivity index (χ0n) is 14.2. The zero-order chi connectivity index (χ0) is 16.8. The zero-order valence-corrected chi connectivity index (χ0v) is 14.2. The topological polar surface area (TPSA) is 40.5 Å². The first kappa shape index (κ1) is 17.2. The third-order valence-corrected chi connectivity index (χ3v) is 4.16. The number of nitrogens with zero attached hydrogens (tertiary/aromatic N) is 1. The molecule has 122 valence electrons. The minimum Gasteiger partial charge on any atom is -0.395 e. The van der Waals surface area contributed by atoms with Crippen molar-refractivity contribution in [1.29, 1.82) is 0 Å². The lowest BCUT2D eigenvalue weighted by atomic mass is 9.98. The molecule has 23 heavy (non-hydrogen) atoms. The number of likely N-dealkylation sites (N-methyl/N-ethyl adjacent to an activating group) is 1. The Morgan fingerprint density at radius 1 is 1.04 bits per heavy atom. The van der Waals surface area contributed by atoms with Gasteiger partial charge in [-0.1, -0.05) is 35.9 Å². The number of amides is 1. The van der Waals surface area contributed by atoms with E-state index in [2.05, 4.69) is 32.0 Å². The van der Waals surface area contributed by atoms with E-state index in [9.17, 15) is 4.79 Å². The highest BCUT2D eigenvalue weighted by Gasteiger charge is 2.10. The molecular weight excluding hydrogens is 286 g/mol. The number of rotatable bonds is 6. The summed E-state index contributed by atoms with van der Waals surface area (Å²) in [6.45, 7) is 4.60. The Kier molecular flexibility index (Phi) is 5.94. The maximum Gasteiger partial charge on any atom is 0.253 e. The van der Waals surface area contributed by atoms with Crippen LogP contribution >= 0.6 is 0 Å². The van der Waals surface area contributed by atoms with E-state index in [-0.39, 0.29) is 12.5 Å². The molecular formula is C20H25NO2. The molecule has 1 amide bonds. The maximum absolute atomic E-state index is 12.1. The molecule has 0 atom stereocenters. The molecule has 2 rings (SSSR count). The van der Waals surface area contributed by atoms with Gasteiger partial charge in [0.1, 0.15) is 0 Å². The fraction of sp³-hybridized carbons (Fsp3) is 0.350. The first-order valence-electron chi connectivity index (χ1n) is 8.02. The van der Waals surface area contributed by atoms with Crippen LogP contribution in [0.4, 0.5) is 0 Å². The molecule has 0 radical (unpaired) electrons. The van der Waals surface area contributed by atoms with Crippen LogP contribution in [-0.2, 0) is 12.8 Å². The number of aliphatic hydroxyl groups excluding tert-OH is 1. The summed E-state index contributed by atoms with van der Waals surface area (Å²) in [7, 11) is 1.70. The van der Waals surface area contributed by atoms with Gasteiger partial charge < -0.3 is 10.0 Å². The van der Waals surface area contributed by atoms with Crippen molar-refractivity contribution in [1.82, 2.24) is 4.90 Å². The molecule has 2 aromatic carbocycles. The quantitative estimate of drug-likeness (QED) is 0.890. The number of hydrogen-bond acceptors (Lipinski definition) is 2. The highest BCUT2D eigenvalue weighted by Crippen LogP contribution is 2.15. The van der Waals surface area contributed by atoms with Gasteiger partial charge in [0.2, 0.25) is 0 Å². The first-order valence-corrected chi connectivity index (χ1v) is 8.02. The molecule has 2 aromatic rings. The van der Waals surface area contributed by atoms with E-state index in [1.807, 2.05) is 24.3 Å². The second-order valence-corrected chi connectivity index (χ2v) is 6.08. The largest absolute Gasteiger partial charge is 0.395 e. The van der Waals surface area contributed by atoms with Crippen LogP contribution in [0.5, 0.6) is 0 Å². The van der Waals surface area contributed by atoms with Crippen LogP contribution in [0.2, 0.25) is 0 Å². The Morgan fingerprint density at radius 3 is 2.35 bits per heavy atom. The molecule has 0 aliphatic carbocycles. The van der Waals surface area contributed by atoms with E-state index in [1.54, 1.807) is 7.05 Å². The van der Waals surface area contributed by atoms with Gasteiger partial charge in [-0.2, -0.15) is 0 Å². The van der Waals surface area contributed by atoms with E-state index >= 15 is 0 Å². The summed E-state index contributed by atoms with van der Waals surface area (Å²) < 4.78 is 0. The van der Waals surface area contributed by atoms with Gasteiger partial charge in [0.25, 0.3) is 5.91 Å². The van der Waals surface area contributed by atoms with Gasteiger partial charge in [-0.25, -0.2) is 0 Å². The minimum absolute atomic E-state index is 0.0176. The third-order valence-electron chi connectivity index (χ3n) is 4.16. The van der Waals surface area contributed by atoms with Gasteiger partial charge in [-0.3, -0.25) is 4.79 Å². The lowest BCUT2D eigenvalue weighted by molar-refractivity contribution is 0.0767. The molecule has 0 aromatic heterocycles. The van der Waals surface area contributed by atoms with Crippen LogP contribution in [0.25, 0.3) is 0 Å². The van der Waals surface area contributed by atoms with Gasteiger partial charge in [0, 0.05) is 19.2 Å². The number of carbonyl (C=O) groups excluding carboxylic acids is 1. The maximum atomic E-state index is 12.1. The summed E-state index contributed by atoms with van der Waals surface area (Å²) in [5, 5.41) is 8.90.